The van der Waals surface area contributed by atoms with Crippen LogP contribution in [0.3, 0.4) is 0 Å². The van der Waals surface area contributed by atoms with Crippen LogP contribution in [-0.4, -0.2) is 21.4 Å². The molecular formula is C30H18N4Pt. The summed E-state index contributed by atoms with van der Waals surface area (Å²) in [5, 5.41) is 0. The Morgan fingerprint density at radius 3 is 1.69 bits per heavy atom. The minimum atomic E-state index is 0. The molecule has 0 saturated heterocycles. The predicted molar refractivity (Wildman–Crippen MR) is 135 cm³/mol. The van der Waals surface area contributed by atoms with Crippen molar-refractivity contribution in [1.82, 2.24) is 9.97 Å². The first kappa shape index (κ1) is 22.8. The van der Waals surface area contributed by atoms with Gasteiger partial charge in [-0.15, -0.1) is 23.4 Å². The van der Waals surface area contributed by atoms with E-state index in [1.165, 1.54) is 0 Å². The van der Waals surface area contributed by atoms with Gasteiger partial charge in [-0.1, -0.05) is 78.4 Å². The van der Waals surface area contributed by atoms with Gasteiger partial charge in [0.25, 0.3) is 0 Å². The first-order valence-corrected chi connectivity index (χ1v) is 11.0. The topological polar surface area (TPSA) is 50.5 Å². The molecule has 0 amide bonds. The molecule has 0 spiro atoms. The molecule has 0 saturated carbocycles. The van der Waals surface area contributed by atoms with E-state index >= 15 is 0 Å². The van der Waals surface area contributed by atoms with Gasteiger partial charge in [0.2, 0.25) is 0 Å². The second-order valence-electron chi connectivity index (χ2n) is 7.82. The summed E-state index contributed by atoms with van der Waals surface area (Å²) in [6, 6.07) is 40.9. The number of para-hydroxylation sites is 2. The van der Waals surface area contributed by atoms with E-state index in [1.807, 2.05) is 91.0 Å². The molecule has 5 heteroatoms. The third-order valence-corrected chi connectivity index (χ3v) is 5.58. The van der Waals surface area contributed by atoms with Crippen molar-refractivity contribution in [2.45, 2.75) is 0 Å². The van der Waals surface area contributed by atoms with E-state index in [-0.39, 0.29) is 21.1 Å². The van der Waals surface area contributed by atoms with Crippen molar-refractivity contribution < 1.29 is 21.1 Å². The van der Waals surface area contributed by atoms with Crippen molar-refractivity contribution in [3.05, 3.63) is 144 Å². The number of benzene rings is 4. The number of nitrogens with zero attached hydrogens (tertiary/aromatic N) is 4. The Morgan fingerprint density at radius 2 is 1.00 bits per heavy atom. The Bertz CT molecular complexity index is 1430. The van der Waals surface area contributed by atoms with Gasteiger partial charge in [0.1, 0.15) is 6.33 Å². The standard InChI is InChI=1S/C30H18N4.Pt/c1-3-10-21(11-4-1)29-24-15-9-14-23(18-24)27-19-28(32-20-31-27)30(22-12-5-2-6-13-22)34-26-17-8-7-16-25(26)33-29;/h1-17,20H;/q-2;+2. The monoisotopic (exact) mass is 629 g/mol. The Balaban J connectivity index is 0.00000253. The van der Waals surface area contributed by atoms with E-state index in [9.17, 15) is 0 Å². The van der Waals surface area contributed by atoms with Crippen LogP contribution in [0.5, 0.6) is 0 Å². The summed E-state index contributed by atoms with van der Waals surface area (Å²) in [6.07, 6.45) is 1.56. The van der Waals surface area contributed by atoms with Crippen molar-refractivity contribution in [3.63, 3.8) is 0 Å². The van der Waals surface area contributed by atoms with Crippen molar-refractivity contribution in [1.29, 1.82) is 0 Å². The molecule has 0 unspecified atom stereocenters. The molecule has 35 heavy (non-hydrogen) atoms. The molecule has 0 N–H and O–H groups in total. The molecule has 1 aliphatic rings. The predicted octanol–water partition coefficient (Wildman–Crippen LogP) is 6.39. The molecule has 4 nitrogen and oxygen atoms in total. The van der Waals surface area contributed by atoms with Crippen LogP contribution in [0, 0.1) is 12.1 Å². The largest absolute Gasteiger partial charge is 2.00 e. The number of aliphatic imine (C=N–C) groups is 2. The van der Waals surface area contributed by atoms with E-state index in [0.717, 1.165) is 39.3 Å². The summed E-state index contributed by atoms with van der Waals surface area (Å²) in [4.78, 5) is 19.2. The second-order valence-corrected chi connectivity index (χ2v) is 7.82. The molecule has 1 aliphatic heterocycles. The SMILES string of the molecule is [Pt+2].[c-]1c2cccc1-c1[c-]c(ncn1)C(c1ccccc1)=Nc1ccccc1N=C2c1ccccc1. The number of aromatic nitrogens is 2. The van der Waals surface area contributed by atoms with Crippen LogP contribution in [-0.2, 0) is 21.1 Å². The Kier molecular flexibility index (Phi) is 6.56. The van der Waals surface area contributed by atoms with Gasteiger partial charge < -0.3 is 9.98 Å². The van der Waals surface area contributed by atoms with Crippen molar-refractivity contribution in [2.24, 2.45) is 9.98 Å². The summed E-state index contributed by atoms with van der Waals surface area (Å²) < 4.78 is 0. The molecule has 4 bridgehead atoms. The summed E-state index contributed by atoms with van der Waals surface area (Å²) in [5.41, 5.74) is 7.98. The number of rotatable bonds is 2. The fraction of sp³-hybridized carbons (Fsp3) is 0. The zero-order valence-electron chi connectivity index (χ0n) is 18.5. The molecule has 0 radical (unpaired) electrons. The van der Waals surface area contributed by atoms with Crippen molar-refractivity contribution >= 4 is 22.8 Å². The summed E-state index contributed by atoms with van der Waals surface area (Å²) in [6.45, 7) is 0. The van der Waals surface area contributed by atoms with Gasteiger partial charge in [-0.3, -0.25) is 9.98 Å². The maximum Gasteiger partial charge on any atom is 2.00 e. The first-order chi connectivity index (χ1) is 16.8. The average Bonchev–Trinajstić information content (AvgIpc) is 2.92. The van der Waals surface area contributed by atoms with Crippen LogP contribution in [0.2, 0.25) is 0 Å². The molecule has 0 aliphatic carbocycles. The van der Waals surface area contributed by atoms with E-state index in [1.54, 1.807) is 6.33 Å². The number of hydrogen-bond acceptors (Lipinski definition) is 4. The van der Waals surface area contributed by atoms with Gasteiger partial charge in [-0.25, -0.2) is 0 Å². The van der Waals surface area contributed by atoms with Crippen molar-refractivity contribution in [2.75, 3.05) is 0 Å². The Labute approximate surface area is 218 Å². The number of hydrogen-bond donors (Lipinski definition) is 0. The summed E-state index contributed by atoms with van der Waals surface area (Å²) >= 11 is 0. The van der Waals surface area contributed by atoms with Crippen LogP contribution < -0.4 is 0 Å². The molecule has 4 aromatic carbocycles. The quantitative estimate of drug-likeness (QED) is 0.209. The maximum absolute atomic E-state index is 5.11. The molecule has 0 fully saturated rings. The van der Waals surface area contributed by atoms with E-state index in [4.69, 9.17) is 9.98 Å². The number of fused-ring (bicyclic) bond motifs is 6. The first-order valence-electron chi connectivity index (χ1n) is 11.0. The van der Waals surface area contributed by atoms with Gasteiger partial charge in [-0.2, -0.15) is 23.8 Å². The zero-order valence-corrected chi connectivity index (χ0v) is 20.8. The van der Waals surface area contributed by atoms with Crippen molar-refractivity contribution in [3.8, 4) is 11.3 Å². The third-order valence-electron chi connectivity index (χ3n) is 5.58. The molecule has 2 heterocycles. The smallest absolute Gasteiger partial charge is 0.307 e. The van der Waals surface area contributed by atoms with Gasteiger partial charge in [-0.05, 0) is 29.1 Å². The molecular weight excluding hydrogens is 611 g/mol. The van der Waals surface area contributed by atoms with Crippen LogP contribution in [0.4, 0.5) is 11.4 Å². The van der Waals surface area contributed by atoms with Gasteiger partial charge >= 0.3 is 21.1 Å². The maximum atomic E-state index is 5.11. The molecule has 168 valence electrons. The van der Waals surface area contributed by atoms with E-state index in [0.29, 0.717) is 17.1 Å². The Morgan fingerprint density at radius 1 is 0.457 bits per heavy atom. The van der Waals surface area contributed by atoms with Crippen LogP contribution in [0.25, 0.3) is 11.3 Å². The minimum Gasteiger partial charge on any atom is -0.307 e. The molecule has 6 rings (SSSR count). The summed E-state index contributed by atoms with van der Waals surface area (Å²) in [5.74, 6) is 0. The Hall–Kier alpha value is -4.01. The van der Waals surface area contributed by atoms with Crippen LogP contribution in [0.15, 0.2) is 119 Å². The summed E-state index contributed by atoms with van der Waals surface area (Å²) in [7, 11) is 0. The van der Waals surface area contributed by atoms with Crippen LogP contribution in [0.1, 0.15) is 22.4 Å². The molecule has 1 aromatic heterocycles. The van der Waals surface area contributed by atoms with Gasteiger partial charge in [0, 0.05) is 5.71 Å². The average molecular weight is 630 g/mol. The van der Waals surface area contributed by atoms with Crippen LogP contribution >= 0.6 is 0 Å². The zero-order chi connectivity index (χ0) is 22.7. The second kappa shape index (κ2) is 10.1. The fourth-order valence-corrected chi connectivity index (χ4v) is 3.94. The fourth-order valence-electron chi connectivity index (χ4n) is 3.94. The normalized spacial score (nSPS) is 12.1. The molecule has 5 aromatic rings. The molecule has 0 atom stereocenters. The minimum absolute atomic E-state index is 0. The van der Waals surface area contributed by atoms with E-state index in [2.05, 4.69) is 34.2 Å². The van der Waals surface area contributed by atoms with Gasteiger partial charge in [0.05, 0.1) is 11.4 Å². The van der Waals surface area contributed by atoms with E-state index < -0.39 is 0 Å². The third kappa shape index (κ3) is 4.66. The van der Waals surface area contributed by atoms with Gasteiger partial charge in [0.15, 0.2) is 0 Å².